The van der Waals surface area contributed by atoms with Gasteiger partial charge in [0.1, 0.15) is 5.02 Å². The Bertz CT molecular complexity index is 1290. The Morgan fingerprint density at radius 1 is 0.974 bits per heavy atom. The molecule has 0 radical (unpaired) electrons. The van der Waals surface area contributed by atoms with Crippen LogP contribution in [0.2, 0.25) is 5.02 Å². The van der Waals surface area contributed by atoms with Crippen molar-refractivity contribution in [3.63, 3.8) is 0 Å². The predicted molar refractivity (Wildman–Crippen MR) is 150 cm³/mol. The first kappa shape index (κ1) is 25.6. The number of amides is 3. The Morgan fingerprint density at radius 3 is 2.39 bits per heavy atom. The number of halogens is 1. The number of para-hydroxylation sites is 1. The summed E-state index contributed by atoms with van der Waals surface area (Å²) in [5.41, 5.74) is 2.99. The molecule has 2 aliphatic rings. The quantitative estimate of drug-likeness (QED) is 0.356. The van der Waals surface area contributed by atoms with Crippen molar-refractivity contribution < 1.29 is 9.59 Å². The van der Waals surface area contributed by atoms with E-state index in [0.29, 0.717) is 47.2 Å². The summed E-state index contributed by atoms with van der Waals surface area (Å²) in [7, 11) is 1.58. The third-order valence-electron chi connectivity index (χ3n) is 6.88. The molecule has 4 N–H and O–H groups in total. The zero-order valence-corrected chi connectivity index (χ0v) is 22.0. The van der Waals surface area contributed by atoms with E-state index >= 15 is 0 Å². The first-order chi connectivity index (χ1) is 18.5. The standard InChI is InChI=1S/C27H31ClN8O2/c1-29-25(37)21-7-2-3-8-23(21)33-24-22(28)17-30-26(34-24)31-19-9-11-20(12-10-19)35-13-15-36(16-14-35)27(38)32-18-5-4-6-18/h2-3,7-12,17-18H,4-6,13-16H2,1H3,(H,29,37)(H,32,38)(H2,30,31,33,34). The molecule has 2 heterocycles. The van der Waals surface area contributed by atoms with Crippen LogP contribution in [0.25, 0.3) is 0 Å². The second-order valence-corrected chi connectivity index (χ2v) is 9.77. The van der Waals surface area contributed by atoms with Crippen LogP contribution in [-0.2, 0) is 0 Å². The molecule has 1 saturated heterocycles. The molecule has 38 heavy (non-hydrogen) atoms. The number of rotatable bonds is 7. The number of piperazine rings is 1. The van der Waals surface area contributed by atoms with Crippen LogP contribution in [0.5, 0.6) is 0 Å². The number of carbonyl (C=O) groups is 2. The molecule has 5 rings (SSSR count). The van der Waals surface area contributed by atoms with E-state index in [1.165, 1.54) is 12.6 Å². The van der Waals surface area contributed by atoms with Crippen LogP contribution in [0.1, 0.15) is 29.6 Å². The first-order valence-corrected chi connectivity index (χ1v) is 13.2. The van der Waals surface area contributed by atoms with Gasteiger partial charge < -0.3 is 31.1 Å². The third kappa shape index (κ3) is 5.91. The summed E-state index contributed by atoms with van der Waals surface area (Å²) in [6.07, 6.45) is 4.91. The lowest BCUT2D eigenvalue weighted by molar-refractivity contribution is 0.0964. The monoisotopic (exact) mass is 534 g/mol. The highest BCUT2D eigenvalue weighted by molar-refractivity contribution is 6.33. The van der Waals surface area contributed by atoms with Gasteiger partial charge in [-0.3, -0.25) is 4.79 Å². The maximum atomic E-state index is 12.4. The van der Waals surface area contributed by atoms with Crippen molar-refractivity contribution in [3.8, 4) is 0 Å². The Labute approximate surface area is 226 Å². The van der Waals surface area contributed by atoms with Gasteiger partial charge in [-0.15, -0.1) is 0 Å². The minimum Gasteiger partial charge on any atom is -0.368 e. The molecule has 0 bridgehead atoms. The lowest BCUT2D eigenvalue weighted by atomic mass is 9.93. The number of carbonyl (C=O) groups excluding carboxylic acids is 2. The van der Waals surface area contributed by atoms with Crippen LogP contribution in [0.4, 0.5) is 33.6 Å². The molecule has 3 aromatic rings. The zero-order valence-electron chi connectivity index (χ0n) is 21.2. The number of nitrogens with one attached hydrogen (secondary N) is 4. The molecule has 1 saturated carbocycles. The molecule has 2 fully saturated rings. The smallest absolute Gasteiger partial charge is 0.317 e. The molecule has 0 atom stereocenters. The average Bonchev–Trinajstić information content (AvgIpc) is 2.93. The van der Waals surface area contributed by atoms with Crippen molar-refractivity contribution in [1.82, 2.24) is 25.5 Å². The maximum absolute atomic E-state index is 12.4. The second-order valence-electron chi connectivity index (χ2n) is 9.36. The number of hydrogen-bond acceptors (Lipinski definition) is 7. The van der Waals surface area contributed by atoms with Gasteiger partial charge in [-0.1, -0.05) is 23.7 Å². The molecule has 1 aliphatic carbocycles. The van der Waals surface area contributed by atoms with Crippen molar-refractivity contribution in [1.29, 1.82) is 0 Å². The fourth-order valence-corrected chi connectivity index (χ4v) is 4.58. The maximum Gasteiger partial charge on any atom is 0.317 e. The van der Waals surface area contributed by atoms with Gasteiger partial charge in [0.15, 0.2) is 5.82 Å². The number of benzene rings is 2. The van der Waals surface area contributed by atoms with Crippen LogP contribution in [0.3, 0.4) is 0 Å². The fourth-order valence-electron chi connectivity index (χ4n) is 4.44. The van der Waals surface area contributed by atoms with Crippen LogP contribution < -0.4 is 26.2 Å². The molecule has 3 amide bonds. The summed E-state index contributed by atoms with van der Waals surface area (Å²) < 4.78 is 0. The van der Waals surface area contributed by atoms with Crippen LogP contribution in [0.15, 0.2) is 54.7 Å². The highest BCUT2D eigenvalue weighted by Gasteiger charge is 2.25. The Morgan fingerprint density at radius 2 is 1.71 bits per heavy atom. The second kappa shape index (κ2) is 11.6. The van der Waals surface area contributed by atoms with E-state index in [1.54, 1.807) is 25.2 Å². The van der Waals surface area contributed by atoms with Crippen LogP contribution in [-0.4, -0.2) is 66.1 Å². The average molecular weight is 535 g/mol. The molecular weight excluding hydrogens is 504 g/mol. The Balaban J connectivity index is 1.19. The molecule has 10 nitrogen and oxygen atoms in total. The molecule has 1 aromatic heterocycles. The zero-order chi connectivity index (χ0) is 26.5. The first-order valence-electron chi connectivity index (χ1n) is 12.8. The minimum absolute atomic E-state index is 0.0582. The molecule has 1 aliphatic heterocycles. The van der Waals surface area contributed by atoms with E-state index in [0.717, 1.165) is 37.3 Å². The summed E-state index contributed by atoms with van der Waals surface area (Å²) in [6.45, 7) is 2.99. The normalized spacial score (nSPS) is 15.4. The molecule has 198 valence electrons. The lowest BCUT2D eigenvalue weighted by Crippen LogP contribution is -2.54. The van der Waals surface area contributed by atoms with E-state index in [4.69, 9.17) is 11.6 Å². The van der Waals surface area contributed by atoms with E-state index in [2.05, 4.69) is 36.1 Å². The van der Waals surface area contributed by atoms with Gasteiger partial charge in [-0.05, 0) is 55.7 Å². The predicted octanol–water partition coefficient (Wildman–Crippen LogP) is 4.36. The minimum atomic E-state index is -0.213. The largest absolute Gasteiger partial charge is 0.368 e. The van der Waals surface area contributed by atoms with Crippen molar-refractivity contribution in [2.45, 2.75) is 25.3 Å². The summed E-state index contributed by atoms with van der Waals surface area (Å²) >= 11 is 6.34. The van der Waals surface area contributed by atoms with E-state index in [9.17, 15) is 9.59 Å². The van der Waals surface area contributed by atoms with Gasteiger partial charge in [0.05, 0.1) is 17.4 Å². The molecule has 0 unspecified atom stereocenters. The number of aromatic nitrogens is 2. The lowest BCUT2D eigenvalue weighted by Gasteiger charge is -2.37. The van der Waals surface area contributed by atoms with Gasteiger partial charge in [0, 0.05) is 50.6 Å². The van der Waals surface area contributed by atoms with Crippen molar-refractivity contribution >= 4 is 52.4 Å². The van der Waals surface area contributed by atoms with Gasteiger partial charge in [-0.2, -0.15) is 4.98 Å². The summed E-state index contributed by atoms with van der Waals surface area (Å²) in [4.78, 5) is 37.6. The van der Waals surface area contributed by atoms with Crippen LogP contribution in [0, 0.1) is 0 Å². The highest BCUT2D eigenvalue weighted by Crippen LogP contribution is 2.27. The molecular formula is C27H31ClN8O2. The van der Waals surface area contributed by atoms with Crippen LogP contribution >= 0.6 is 11.6 Å². The topological polar surface area (TPSA) is 115 Å². The fraction of sp³-hybridized carbons (Fsp3) is 0.333. The van der Waals surface area contributed by atoms with Gasteiger partial charge in [-0.25, -0.2) is 9.78 Å². The van der Waals surface area contributed by atoms with Crippen molar-refractivity contribution in [3.05, 3.63) is 65.3 Å². The Hall–Kier alpha value is -4.05. The van der Waals surface area contributed by atoms with E-state index in [1.807, 2.05) is 35.2 Å². The van der Waals surface area contributed by atoms with Gasteiger partial charge in [0.25, 0.3) is 5.91 Å². The number of hydrogen-bond donors (Lipinski definition) is 4. The van der Waals surface area contributed by atoms with Crippen molar-refractivity contribution in [2.24, 2.45) is 0 Å². The third-order valence-corrected chi connectivity index (χ3v) is 7.16. The number of anilines is 5. The summed E-state index contributed by atoms with van der Waals surface area (Å²) in [6, 6.07) is 15.6. The molecule has 2 aromatic carbocycles. The van der Waals surface area contributed by atoms with Crippen molar-refractivity contribution in [2.75, 3.05) is 48.8 Å². The molecule has 11 heteroatoms. The molecule has 0 spiro atoms. The van der Waals surface area contributed by atoms with E-state index < -0.39 is 0 Å². The van der Waals surface area contributed by atoms with E-state index in [-0.39, 0.29) is 11.9 Å². The van der Waals surface area contributed by atoms with Gasteiger partial charge in [0.2, 0.25) is 5.95 Å². The summed E-state index contributed by atoms with van der Waals surface area (Å²) in [5.74, 6) is 0.541. The highest BCUT2D eigenvalue weighted by atomic mass is 35.5. The number of urea groups is 1. The summed E-state index contributed by atoms with van der Waals surface area (Å²) in [5, 5.41) is 12.4. The SMILES string of the molecule is CNC(=O)c1ccccc1Nc1nc(Nc2ccc(N3CCN(C(=O)NC4CCC4)CC3)cc2)ncc1Cl. The number of nitrogens with zero attached hydrogens (tertiary/aromatic N) is 4. The van der Waals surface area contributed by atoms with Gasteiger partial charge >= 0.3 is 6.03 Å². The Kier molecular flexibility index (Phi) is 7.78.